The molecule has 1 aromatic rings. The van der Waals surface area contributed by atoms with Gasteiger partial charge in [-0.15, -0.1) is 0 Å². The van der Waals surface area contributed by atoms with E-state index in [1.807, 2.05) is 4.68 Å². The zero-order valence-corrected chi connectivity index (χ0v) is 12.6. The van der Waals surface area contributed by atoms with Gasteiger partial charge in [-0.1, -0.05) is 6.92 Å². The summed E-state index contributed by atoms with van der Waals surface area (Å²) < 4.78 is 3.11. The van der Waals surface area contributed by atoms with Crippen LogP contribution in [-0.4, -0.2) is 22.2 Å². The van der Waals surface area contributed by atoms with Gasteiger partial charge >= 0.3 is 0 Å². The van der Waals surface area contributed by atoms with Crippen LogP contribution in [0.15, 0.2) is 4.47 Å². The molecule has 18 heavy (non-hydrogen) atoms. The van der Waals surface area contributed by atoms with Crippen LogP contribution in [0, 0.1) is 5.92 Å². The quantitative estimate of drug-likeness (QED) is 0.927. The van der Waals surface area contributed by atoms with Crippen molar-refractivity contribution >= 4 is 21.8 Å². The standard InChI is InChI=1S/C13H20BrN3O/c1-3-10-12(14)11(17(4-2)16-10)8-9-6-5-7-15-13(9)18/h9H,3-8H2,1-2H3,(H,15,18). The summed E-state index contributed by atoms with van der Waals surface area (Å²) in [5, 5.41) is 7.52. The smallest absolute Gasteiger partial charge is 0.223 e. The molecule has 0 spiro atoms. The molecule has 1 atom stereocenters. The first-order valence-corrected chi connectivity index (χ1v) is 7.48. The number of carbonyl (C=O) groups excluding carboxylic acids is 1. The van der Waals surface area contributed by atoms with E-state index in [2.05, 4.69) is 40.2 Å². The van der Waals surface area contributed by atoms with Gasteiger partial charge in [0.05, 0.1) is 15.9 Å². The van der Waals surface area contributed by atoms with Crippen molar-refractivity contribution in [2.45, 2.75) is 46.1 Å². The van der Waals surface area contributed by atoms with Gasteiger partial charge in [0.25, 0.3) is 0 Å². The van der Waals surface area contributed by atoms with Crippen LogP contribution < -0.4 is 5.32 Å². The molecule has 0 aliphatic carbocycles. The van der Waals surface area contributed by atoms with Gasteiger partial charge in [0, 0.05) is 25.4 Å². The summed E-state index contributed by atoms with van der Waals surface area (Å²) in [7, 11) is 0. The number of hydrogen-bond acceptors (Lipinski definition) is 2. The van der Waals surface area contributed by atoms with E-state index in [9.17, 15) is 4.79 Å². The summed E-state index contributed by atoms with van der Waals surface area (Å²) in [6.07, 6.45) is 3.76. The predicted octanol–water partition coefficient (Wildman–Crippen LogP) is 2.30. The van der Waals surface area contributed by atoms with Gasteiger partial charge in [0.2, 0.25) is 5.91 Å². The lowest BCUT2D eigenvalue weighted by molar-refractivity contribution is -0.126. The van der Waals surface area contributed by atoms with Gasteiger partial charge in [-0.25, -0.2) is 0 Å². The largest absolute Gasteiger partial charge is 0.356 e. The summed E-state index contributed by atoms with van der Waals surface area (Å²) in [4.78, 5) is 11.8. The van der Waals surface area contributed by atoms with E-state index in [1.165, 1.54) is 0 Å². The highest BCUT2D eigenvalue weighted by molar-refractivity contribution is 9.10. The molecule has 0 radical (unpaired) electrons. The second kappa shape index (κ2) is 5.87. The molecule has 2 rings (SSSR count). The highest BCUT2D eigenvalue weighted by Gasteiger charge is 2.25. The van der Waals surface area contributed by atoms with Crippen molar-refractivity contribution in [3.63, 3.8) is 0 Å². The van der Waals surface area contributed by atoms with Crippen molar-refractivity contribution in [1.82, 2.24) is 15.1 Å². The zero-order chi connectivity index (χ0) is 13.1. The Bertz CT molecular complexity index is 442. The van der Waals surface area contributed by atoms with Gasteiger partial charge in [0.15, 0.2) is 0 Å². The van der Waals surface area contributed by atoms with E-state index in [0.29, 0.717) is 0 Å². The summed E-state index contributed by atoms with van der Waals surface area (Å²) in [5.74, 6) is 0.289. The third kappa shape index (κ3) is 2.60. The Morgan fingerprint density at radius 1 is 1.50 bits per heavy atom. The molecule has 0 saturated carbocycles. The van der Waals surface area contributed by atoms with E-state index >= 15 is 0 Å². The number of amides is 1. The molecule has 4 nitrogen and oxygen atoms in total. The number of halogens is 1. The molecule has 1 unspecified atom stereocenters. The number of carbonyl (C=O) groups is 1. The normalized spacial score (nSPS) is 19.9. The average Bonchev–Trinajstić information content (AvgIpc) is 2.69. The highest BCUT2D eigenvalue weighted by Crippen LogP contribution is 2.27. The first-order chi connectivity index (χ1) is 8.67. The van der Waals surface area contributed by atoms with E-state index in [-0.39, 0.29) is 11.8 Å². The predicted molar refractivity (Wildman–Crippen MR) is 74.4 cm³/mol. The lowest BCUT2D eigenvalue weighted by Gasteiger charge is -2.22. The fourth-order valence-electron chi connectivity index (χ4n) is 2.48. The van der Waals surface area contributed by atoms with Gasteiger partial charge < -0.3 is 5.32 Å². The summed E-state index contributed by atoms with van der Waals surface area (Å²) >= 11 is 3.63. The minimum atomic E-state index is 0.0988. The minimum absolute atomic E-state index is 0.0988. The molecule has 5 heteroatoms. The SMILES string of the molecule is CCc1nn(CC)c(CC2CCCNC2=O)c1Br. The minimum Gasteiger partial charge on any atom is -0.356 e. The van der Waals surface area contributed by atoms with Gasteiger partial charge in [-0.3, -0.25) is 9.48 Å². The van der Waals surface area contributed by atoms with Crippen LogP contribution in [0.1, 0.15) is 38.1 Å². The fraction of sp³-hybridized carbons (Fsp3) is 0.692. The number of nitrogens with one attached hydrogen (secondary N) is 1. The Morgan fingerprint density at radius 3 is 2.89 bits per heavy atom. The number of nitrogens with zero attached hydrogens (tertiary/aromatic N) is 2. The second-order valence-corrected chi connectivity index (χ2v) is 5.50. The number of aryl methyl sites for hydroxylation is 2. The molecule has 0 aromatic carbocycles. The second-order valence-electron chi connectivity index (χ2n) is 4.71. The number of piperidine rings is 1. The molecule has 1 aliphatic rings. The number of aromatic nitrogens is 2. The van der Waals surface area contributed by atoms with Crippen molar-refractivity contribution in [1.29, 1.82) is 0 Å². The maximum Gasteiger partial charge on any atom is 0.223 e. The third-order valence-corrected chi connectivity index (χ3v) is 4.45. The van der Waals surface area contributed by atoms with Crippen LogP contribution in [0.2, 0.25) is 0 Å². The summed E-state index contributed by atoms with van der Waals surface area (Å²) in [5.41, 5.74) is 2.25. The molecule has 0 bridgehead atoms. The maximum atomic E-state index is 11.8. The first kappa shape index (κ1) is 13.6. The summed E-state index contributed by atoms with van der Waals surface area (Å²) in [6.45, 7) is 5.86. The monoisotopic (exact) mass is 313 g/mol. The highest BCUT2D eigenvalue weighted by atomic mass is 79.9. The van der Waals surface area contributed by atoms with E-state index in [4.69, 9.17) is 0 Å². The van der Waals surface area contributed by atoms with Crippen molar-refractivity contribution in [3.8, 4) is 0 Å². The lowest BCUT2D eigenvalue weighted by atomic mass is 9.93. The topological polar surface area (TPSA) is 46.9 Å². The molecular formula is C13H20BrN3O. The van der Waals surface area contributed by atoms with E-state index < -0.39 is 0 Å². The first-order valence-electron chi connectivity index (χ1n) is 6.69. The van der Waals surface area contributed by atoms with Crippen LogP contribution in [0.5, 0.6) is 0 Å². The Balaban J connectivity index is 2.21. The number of hydrogen-bond donors (Lipinski definition) is 1. The Kier molecular flexibility index (Phi) is 4.43. The molecule has 1 aliphatic heterocycles. The molecule has 1 saturated heterocycles. The van der Waals surface area contributed by atoms with E-state index in [1.54, 1.807) is 0 Å². The lowest BCUT2D eigenvalue weighted by Crippen LogP contribution is -2.37. The van der Waals surface area contributed by atoms with Gasteiger partial charge in [-0.05, 0) is 42.1 Å². The van der Waals surface area contributed by atoms with Crippen LogP contribution in [0.25, 0.3) is 0 Å². The maximum absolute atomic E-state index is 11.8. The van der Waals surface area contributed by atoms with Gasteiger partial charge in [0.1, 0.15) is 0 Å². The van der Waals surface area contributed by atoms with Crippen LogP contribution in [0.4, 0.5) is 0 Å². The number of rotatable bonds is 4. The van der Waals surface area contributed by atoms with Crippen LogP contribution in [-0.2, 0) is 24.2 Å². The zero-order valence-electron chi connectivity index (χ0n) is 11.0. The van der Waals surface area contributed by atoms with Crippen molar-refractivity contribution < 1.29 is 4.79 Å². The molecule has 1 aromatic heterocycles. The van der Waals surface area contributed by atoms with E-state index in [0.717, 1.165) is 54.6 Å². The fourth-order valence-corrected chi connectivity index (χ4v) is 3.20. The third-order valence-electron chi connectivity index (χ3n) is 3.53. The Morgan fingerprint density at radius 2 is 2.28 bits per heavy atom. The Labute approximate surface area is 116 Å². The molecule has 1 amide bonds. The van der Waals surface area contributed by atoms with Crippen LogP contribution >= 0.6 is 15.9 Å². The Hall–Kier alpha value is -0.840. The molecule has 1 fully saturated rings. The molecular weight excluding hydrogens is 294 g/mol. The van der Waals surface area contributed by atoms with Gasteiger partial charge in [-0.2, -0.15) is 5.10 Å². The van der Waals surface area contributed by atoms with Crippen LogP contribution in [0.3, 0.4) is 0 Å². The molecule has 100 valence electrons. The summed E-state index contributed by atoms with van der Waals surface area (Å²) in [6, 6.07) is 0. The average molecular weight is 314 g/mol. The van der Waals surface area contributed by atoms with Crippen molar-refractivity contribution in [2.24, 2.45) is 5.92 Å². The molecule has 2 heterocycles. The van der Waals surface area contributed by atoms with Crippen molar-refractivity contribution in [2.75, 3.05) is 6.54 Å². The molecule has 1 N–H and O–H groups in total. The van der Waals surface area contributed by atoms with Crippen molar-refractivity contribution in [3.05, 3.63) is 15.9 Å².